The average molecular weight is 336 g/mol. The summed E-state index contributed by atoms with van der Waals surface area (Å²) >= 11 is 0. The maximum atomic E-state index is 13.1. The molecule has 130 valence electrons. The molecule has 1 aromatic carbocycles. The highest BCUT2D eigenvalue weighted by molar-refractivity contribution is 5.98. The number of nitrogens with zero attached hydrogens (tertiary/aromatic N) is 2. The summed E-state index contributed by atoms with van der Waals surface area (Å²) in [4.78, 5) is 17.8. The minimum atomic E-state index is 0.0116. The van der Waals surface area contributed by atoms with Gasteiger partial charge in [0.25, 0.3) is 0 Å². The minimum Gasteiger partial charge on any atom is -0.373 e. The lowest BCUT2D eigenvalue weighted by molar-refractivity contribution is -0.144. The van der Waals surface area contributed by atoms with Gasteiger partial charge in [-0.1, -0.05) is 36.8 Å². The lowest BCUT2D eigenvalue weighted by atomic mass is 9.51. The third-order valence-corrected chi connectivity index (χ3v) is 7.86. The predicted octanol–water partition coefficient (Wildman–Crippen LogP) is 2.55. The van der Waals surface area contributed by atoms with Gasteiger partial charge in [-0.2, -0.15) is 0 Å². The molecule has 4 heteroatoms. The molecule has 2 bridgehead atoms. The Morgan fingerprint density at radius 3 is 3.00 bits per heavy atom. The van der Waals surface area contributed by atoms with E-state index in [1.165, 1.54) is 17.6 Å². The summed E-state index contributed by atoms with van der Waals surface area (Å²) in [6.45, 7) is 4.11. The predicted molar refractivity (Wildman–Crippen MR) is 95.5 cm³/mol. The average Bonchev–Trinajstić information content (AvgIpc) is 2.89. The lowest BCUT2D eigenvalue weighted by Crippen LogP contribution is -2.69. The number of para-hydroxylation sites is 1. The molecule has 4 nitrogen and oxygen atoms in total. The summed E-state index contributed by atoms with van der Waals surface area (Å²) in [5.41, 5.74) is 4.07. The second kappa shape index (κ2) is 4.54. The van der Waals surface area contributed by atoms with Crippen LogP contribution in [0.1, 0.15) is 31.2 Å². The molecule has 1 aromatic rings. The number of likely N-dealkylation sites (tertiary alicyclic amines) is 1. The molecular weight excluding hydrogens is 312 g/mol. The van der Waals surface area contributed by atoms with Crippen LogP contribution in [0.5, 0.6) is 0 Å². The van der Waals surface area contributed by atoms with E-state index < -0.39 is 0 Å². The number of piperidine rings is 2. The van der Waals surface area contributed by atoms with Crippen LogP contribution in [0.25, 0.3) is 0 Å². The second-order valence-corrected chi connectivity index (χ2v) is 8.74. The highest BCUT2D eigenvalue weighted by atomic mass is 16.5. The largest absolute Gasteiger partial charge is 0.373 e. The summed E-state index contributed by atoms with van der Waals surface area (Å²) in [5.74, 6) is 1.18. The number of rotatable bonds is 0. The molecule has 0 N–H and O–H groups in total. The molecule has 25 heavy (non-hydrogen) atoms. The summed E-state index contributed by atoms with van der Waals surface area (Å²) < 4.78 is 6.28. The quantitative estimate of drug-likeness (QED) is 0.683. The number of carbonyl (C=O) groups is 1. The molecule has 4 unspecified atom stereocenters. The summed E-state index contributed by atoms with van der Waals surface area (Å²) in [6.07, 6.45) is 4.06. The number of hydrogen-bond donors (Lipinski definition) is 0. The van der Waals surface area contributed by atoms with E-state index in [1.807, 2.05) is 0 Å². The van der Waals surface area contributed by atoms with Gasteiger partial charge in [0, 0.05) is 29.6 Å². The summed E-state index contributed by atoms with van der Waals surface area (Å²) in [6, 6.07) is 9.34. The number of benzene rings is 1. The van der Waals surface area contributed by atoms with Gasteiger partial charge in [0.15, 0.2) is 0 Å². The number of fused-ring (bicyclic) bond motifs is 5. The first-order valence-corrected chi connectivity index (χ1v) is 9.52. The van der Waals surface area contributed by atoms with Gasteiger partial charge < -0.3 is 9.64 Å². The van der Waals surface area contributed by atoms with Crippen LogP contribution < -0.4 is 4.90 Å². The van der Waals surface area contributed by atoms with Gasteiger partial charge >= 0.3 is 0 Å². The van der Waals surface area contributed by atoms with Gasteiger partial charge in [-0.25, -0.2) is 0 Å². The number of carbonyl (C=O) groups excluding carboxylic acids is 1. The van der Waals surface area contributed by atoms with Crippen molar-refractivity contribution in [3.8, 4) is 0 Å². The van der Waals surface area contributed by atoms with Crippen LogP contribution in [0.15, 0.2) is 35.9 Å². The molecule has 3 fully saturated rings. The van der Waals surface area contributed by atoms with Crippen molar-refractivity contribution in [3.63, 3.8) is 0 Å². The van der Waals surface area contributed by atoms with Crippen LogP contribution in [-0.2, 0) is 9.53 Å². The van der Waals surface area contributed by atoms with Crippen LogP contribution >= 0.6 is 0 Å². The zero-order chi connectivity index (χ0) is 16.9. The Hall–Kier alpha value is -1.65. The Morgan fingerprint density at radius 2 is 2.12 bits per heavy atom. The Labute approximate surface area is 148 Å². The van der Waals surface area contributed by atoms with Gasteiger partial charge in [-0.3, -0.25) is 9.69 Å². The SMILES string of the molecule is CN1CC2=CCOC3CC(=O)N4c5ccccc5C5C4[C@@]3(C)C2C[C@@H]51. The van der Waals surface area contributed by atoms with E-state index in [0.29, 0.717) is 30.9 Å². The van der Waals surface area contributed by atoms with Crippen molar-refractivity contribution < 1.29 is 9.53 Å². The first kappa shape index (κ1) is 14.5. The van der Waals surface area contributed by atoms with E-state index in [4.69, 9.17) is 4.74 Å². The molecule has 4 heterocycles. The fourth-order valence-electron chi connectivity index (χ4n) is 6.82. The van der Waals surface area contributed by atoms with Crippen LogP contribution in [0.4, 0.5) is 5.69 Å². The van der Waals surface area contributed by atoms with Crippen molar-refractivity contribution in [1.29, 1.82) is 0 Å². The summed E-state index contributed by atoms with van der Waals surface area (Å²) in [5, 5.41) is 0. The van der Waals surface area contributed by atoms with Gasteiger partial charge in [0.05, 0.1) is 25.2 Å². The van der Waals surface area contributed by atoms with Gasteiger partial charge in [0.2, 0.25) is 5.91 Å². The molecule has 4 aliphatic heterocycles. The molecule has 5 aliphatic rings. The van der Waals surface area contributed by atoms with Gasteiger partial charge in [-0.15, -0.1) is 0 Å². The van der Waals surface area contributed by atoms with E-state index in [2.05, 4.69) is 54.1 Å². The van der Waals surface area contributed by atoms with Crippen molar-refractivity contribution in [1.82, 2.24) is 4.90 Å². The molecule has 0 spiro atoms. The zero-order valence-electron chi connectivity index (χ0n) is 14.8. The van der Waals surface area contributed by atoms with Crippen molar-refractivity contribution >= 4 is 11.6 Å². The van der Waals surface area contributed by atoms with Crippen molar-refractivity contribution in [3.05, 3.63) is 41.5 Å². The number of hydrogen-bond acceptors (Lipinski definition) is 3. The molecule has 0 aromatic heterocycles. The third kappa shape index (κ3) is 1.55. The van der Waals surface area contributed by atoms with E-state index in [0.717, 1.165) is 12.2 Å². The van der Waals surface area contributed by atoms with Crippen LogP contribution in [0.2, 0.25) is 0 Å². The molecule has 6 atom stereocenters. The van der Waals surface area contributed by atoms with Gasteiger partial charge in [0.1, 0.15) is 0 Å². The fraction of sp³-hybridized carbons (Fsp3) is 0.571. The van der Waals surface area contributed by atoms with Crippen molar-refractivity contribution in [2.75, 3.05) is 25.1 Å². The minimum absolute atomic E-state index is 0.0116. The first-order valence-electron chi connectivity index (χ1n) is 9.52. The third-order valence-electron chi connectivity index (χ3n) is 7.86. The second-order valence-electron chi connectivity index (χ2n) is 8.74. The number of anilines is 1. The first-order chi connectivity index (χ1) is 12.1. The van der Waals surface area contributed by atoms with E-state index in [-0.39, 0.29) is 23.5 Å². The van der Waals surface area contributed by atoms with Crippen LogP contribution in [0.3, 0.4) is 0 Å². The Balaban J connectivity index is 1.64. The number of amides is 1. The number of ether oxygens (including phenoxy) is 1. The normalized spacial score (nSPS) is 44.2. The molecule has 2 saturated heterocycles. The smallest absolute Gasteiger partial charge is 0.229 e. The monoisotopic (exact) mass is 336 g/mol. The molecule has 1 amide bonds. The van der Waals surface area contributed by atoms with E-state index >= 15 is 0 Å². The maximum Gasteiger partial charge on any atom is 0.229 e. The standard InChI is InChI=1S/C21H24N2O2/c1-21-14-9-16-19-13-5-3-4-6-15(13)23(20(19)21)18(24)10-17(21)25-8-7-12(14)11-22(16)2/h3-7,14,16-17,19-20H,8-11H2,1-2H3/t14?,16-,17?,19?,20?,21-/m0/s1. The Bertz CT molecular complexity index is 818. The molecule has 6 rings (SSSR count). The zero-order valence-corrected chi connectivity index (χ0v) is 14.8. The van der Waals surface area contributed by atoms with Gasteiger partial charge in [-0.05, 0) is 31.0 Å². The lowest BCUT2D eigenvalue weighted by Gasteiger charge is -2.62. The summed E-state index contributed by atoms with van der Waals surface area (Å²) in [7, 11) is 2.25. The van der Waals surface area contributed by atoms with E-state index in [1.54, 1.807) is 0 Å². The molecule has 0 radical (unpaired) electrons. The Kier molecular flexibility index (Phi) is 2.64. The molecule has 1 saturated carbocycles. The topological polar surface area (TPSA) is 32.8 Å². The molecular formula is C21H24N2O2. The van der Waals surface area contributed by atoms with E-state index in [9.17, 15) is 4.79 Å². The van der Waals surface area contributed by atoms with Crippen LogP contribution in [0, 0.1) is 11.3 Å². The maximum absolute atomic E-state index is 13.1. The highest BCUT2D eigenvalue weighted by Crippen LogP contribution is 2.64. The van der Waals surface area contributed by atoms with Crippen molar-refractivity contribution in [2.24, 2.45) is 11.3 Å². The number of likely N-dealkylation sites (N-methyl/N-ethyl adjacent to an activating group) is 1. The highest BCUT2D eigenvalue weighted by Gasteiger charge is 2.67. The van der Waals surface area contributed by atoms with Crippen LogP contribution in [-0.4, -0.2) is 49.2 Å². The molecule has 1 aliphatic carbocycles. The van der Waals surface area contributed by atoms with Crippen molar-refractivity contribution in [2.45, 2.75) is 43.9 Å². The fourth-order valence-corrected chi connectivity index (χ4v) is 6.82. The Morgan fingerprint density at radius 1 is 1.28 bits per heavy atom.